The molecule has 0 N–H and O–H groups in total. The molecular formula is C15H15BrN2O2. The van der Waals surface area contributed by atoms with Gasteiger partial charge in [0.1, 0.15) is 22.7 Å². The van der Waals surface area contributed by atoms with E-state index in [1.165, 1.54) is 0 Å². The first-order valence-electron chi connectivity index (χ1n) is 6.22. The van der Waals surface area contributed by atoms with Crippen LogP contribution in [0.1, 0.15) is 10.5 Å². The number of hydrogen-bond donors (Lipinski definition) is 0. The maximum atomic E-state index is 12.1. The Morgan fingerprint density at radius 1 is 1.20 bits per heavy atom. The van der Waals surface area contributed by atoms with Crippen molar-refractivity contribution in [2.75, 3.05) is 20.2 Å². The SMILES string of the molecule is CN(CCOc1ccccc1)C(=O)c1cccc(Br)n1. The van der Waals surface area contributed by atoms with Crippen LogP contribution in [0.15, 0.2) is 53.1 Å². The number of amides is 1. The van der Waals surface area contributed by atoms with Gasteiger partial charge in [0.2, 0.25) is 0 Å². The zero-order chi connectivity index (χ0) is 14.4. The molecule has 1 heterocycles. The van der Waals surface area contributed by atoms with Crippen molar-refractivity contribution < 1.29 is 9.53 Å². The molecule has 0 fully saturated rings. The molecule has 0 unspecified atom stereocenters. The standard InChI is InChI=1S/C15H15BrN2O2/c1-18(10-11-20-12-6-3-2-4-7-12)15(19)13-8-5-9-14(16)17-13/h2-9H,10-11H2,1H3. The second-order valence-electron chi connectivity index (χ2n) is 4.23. The monoisotopic (exact) mass is 334 g/mol. The predicted molar refractivity (Wildman–Crippen MR) is 80.8 cm³/mol. The number of ether oxygens (including phenoxy) is 1. The number of pyridine rings is 1. The summed E-state index contributed by atoms with van der Waals surface area (Å²) in [5.74, 6) is 0.678. The third kappa shape index (κ3) is 4.06. The van der Waals surface area contributed by atoms with Gasteiger partial charge in [0.05, 0.1) is 6.54 Å². The fraction of sp³-hybridized carbons (Fsp3) is 0.200. The molecule has 0 aliphatic heterocycles. The molecule has 0 radical (unpaired) electrons. The lowest BCUT2D eigenvalue weighted by atomic mass is 10.3. The Hall–Kier alpha value is -1.88. The molecule has 0 spiro atoms. The maximum Gasteiger partial charge on any atom is 0.272 e. The molecule has 104 valence electrons. The van der Waals surface area contributed by atoms with E-state index in [9.17, 15) is 4.79 Å². The van der Waals surface area contributed by atoms with Crippen molar-refractivity contribution >= 4 is 21.8 Å². The minimum Gasteiger partial charge on any atom is -0.492 e. The Bertz CT molecular complexity index is 575. The van der Waals surface area contributed by atoms with Crippen LogP contribution in [0.25, 0.3) is 0 Å². The molecule has 0 atom stereocenters. The number of hydrogen-bond acceptors (Lipinski definition) is 3. The van der Waals surface area contributed by atoms with Crippen molar-refractivity contribution in [3.05, 3.63) is 58.8 Å². The zero-order valence-corrected chi connectivity index (χ0v) is 12.7. The van der Waals surface area contributed by atoms with Crippen LogP contribution in [0.3, 0.4) is 0 Å². The average molecular weight is 335 g/mol. The number of halogens is 1. The van der Waals surface area contributed by atoms with E-state index in [0.29, 0.717) is 23.4 Å². The average Bonchev–Trinajstić information content (AvgIpc) is 2.47. The maximum absolute atomic E-state index is 12.1. The van der Waals surface area contributed by atoms with E-state index in [4.69, 9.17) is 4.74 Å². The first-order valence-corrected chi connectivity index (χ1v) is 7.02. The fourth-order valence-corrected chi connectivity index (χ4v) is 1.99. The highest BCUT2D eigenvalue weighted by Gasteiger charge is 2.13. The van der Waals surface area contributed by atoms with E-state index in [1.54, 1.807) is 30.1 Å². The Morgan fingerprint density at radius 3 is 2.65 bits per heavy atom. The lowest BCUT2D eigenvalue weighted by Gasteiger charge is -2.17. The third-order valence-corrected chi connectivity index (χ3v) is 3.16. The first kappa shape index (κ1) is 14.5. The van der Waals surface area contributed by atoms with E-state index in [2.05, 4.69) is 20.9 Å². The largest absolute Gasteiger partial charge is 0.492 e. The van der Waals surface area contributed by atoms with Crippen molar-refractivity contribution in [3.8, 4) is 5.75 Å². The molecule has 2 aromatic rings. The number of carbonyl (C=O) groups is 1. The summed E-state index contributed by atoms with van der Waals surface area (Å²) in [5, 5.41) is 0. The first-order chi connectivity index (χ1) is 9.66. The molecule has 0 aliphatic carbocycles. The Balaban J connectivity index is 1.85. The number of nitrogens with zero attached hydrogens (tertiary/aromatic N) is 2. The minimum absolute atomic E-state index is 0.122. The molecule has 0 bridgehead atoms. The lowest BCUT2D eigenvalue weighted by molar-refractivity contribution is 0.0768. The highest BCUT2D eigenvalue weighted by atomic mass is 79.9. The summed E-state index contributed by atoms with van der Waals surface area (Å²) >= 11 is 3.26. The van der Waals surface area contributed by atoms with Crippen LogP contribution in [-0.2, 0) is 0 Å². The molecule has 0 aliphatic rings. The molecule has 1 aromatic carbocycles. The number of aromatic nitrogens is 1. The van der Waals surface area contributed by atoms with Crippen LogP contribution in [0.2, 0.25) is 0 Å². The number of carbonyl (C=O) groups excluding carboxylic acids is 1. The van der Waals surface area contributed by atoms with Crippen LogP contribution in [0, 0.1) is 0 Å². The quantitative estimate of drug-likeness (QED) is 0.789. The zero-order valence-electron chi connectivity index (χ0n) is 11.1. The van der Waals surface area contributed by atoms with Crippen LogP contribution < -0.4 is 4.74 Å². The predicted octanol–water partition coefficient (Wildman–Crippen LogP) is 3.00. The van der Waals surface area contributed by atoms with Gasteiger partial charge in [0.25, 0.3) is 5.91 Å². The van der Waals surface area contributed by atoms with Gasteiger partial charge in [-0.15, -0.1) is 0 Å². The molecule has 20 heavy (non-hydrogen) atoms. The smallest absolute Gasteiger partial charge is 0.272 e. The second-order valence-corrected chi connectivity index (χ2v) is 5.05. The van der Waals surface area contributed by atoms with Crippen molar-refractivity contribution in [1.82, 2.24) is 9.88 Å². The number of rotatable bonds is 5. The summed E-state index contributed by atoms with van der Waals surface area (Å²) in [4.78, 5) is 17.9. The Kier molecular flexibility index (Phi) is 5.12. The van der Waals surface area contributed by atoms with Gasteiger partial charge in [0.15, 0.2) is 0 Å². The molecular weight excluding hydrogens is 320 g/mol. The molecule has 0 saturated carbocycles. The third-order valence-electron chi connectivity index (χ3n) is 2.72. The van der Waals surface area contributed by atoms with E-state index in [1.807, 2.05) is 30.3 Å². The lowest BCUT2D eigenvalue weighted by Crippen LogP contribution is -2.31. The molecule has 5 heteroatoms. The summed E-state index contributed by atoms with van der Waals surface area (Å²) in [7, 11) is 1.74. The van der Waals surface area contributed by atoms with Gasteiger partial charge in [0, 0.05) is 7.05 Å². The minimum atomic E-state index is -0.122. The van der Waals surface area contributed by atoms with Crippen LogP contribution in [0.5, 0.6) is 5.75 Å². The molecule has 2 rings (SSSR count). The number of para-hydroxylation sites is 1. The van der Waals surface area contributed by atoms with E-state index < -0.39 is 0 Å². The summed E-state index contributed by atoms with van der Waals surface area (Å²) in [6.45, 7) is 0.947. The summed E-state index contributed by atoms with van der Waals surface area (Å²) in [6, 6.07) is 14.8. The fourth-order valence-electron chi connectivity index (χ4n) is 1.64. The molecule has 1 amide bonds. The van der Waals surface area contributed by atoms with Crippen LogP contribution >= 0.6 is 15.9 Å². The van der Waals surface area contributed by atoms with E-state index >= 15 is 0 Å². The van der Waals surface area contributed by atoms with Gasteiger partial charge in [-0.2, -0.15) is 0 Å². The highest BCUT2D eigenvalue weighted by Crippen LogP contribution is 2.09. The number of benzene rings is 1. The van der Waals surface area contributed by atoms with Crippen LogP contribution in [-0.4, -0.2) is 36.0 Å². The van der Waals surface area contributed by atoms with E-state index in [-0.39, 0.29) is 5.91 Å². The Labute approximate surface area is 126 Å². The van der Waals surface area contributed by atoms with Crippen LogP contribution in [0.4, 0.5) is 0 Å². The van der Waals surface area contributed by atoms with Gasteiger partial charge in [-0.3, -0.25) is 4.79 Å². The number of likely N-dealkylation sites (N-methyl/N-ethyl adjacent to an activating group) is 1. The van der Waals surface area contributed by atoms with Gasteiger partial charge in [-0.25, -0.2) is 4.98 Å². The van der Waals surface area contributed by atoms with Gasteiger partial charge >= 0.3 is 0 Å². The topological polar surface area (TPSA) is 42.4 Å². The van der Waals surface area contributed by atoms with Crippen molar-refractivity contribution in [2.45, 2.75) is 0 Å². The second kappa shape index (κ2) is 7.05. The van der Waals surface area contributed by atoms with Gasteiger partial charge in [-0.1, -0.05) is 24.3 Å². The summed E-state index contributed by atoms with van der Waals surface area (Å²) in [5.41, 5.74) is 0.418. The van der Waals surface area contributed by atoms with E-state index in [0.717, 1.165) is 5.75 Å². The van der Waals surface area contributed by atoms with Crippen molar-refractivity contribution in [2.24, 2.45) is 0 Å². The van der Waals surface area contributed by atoms with Crippen molar-refractivity contribution in [3.63, 3.8) is 0 Å². The molecule has 4 nitrogen and oxygen atoms in total. The highest BCUT2D eigenvalue weighted by molar-refractivity contribution is 9.10. The normalized spacial score (nSPS) is 10.1. The summed E-state index contributed by atoms with van der Waals surface area (Å²) < 4.78 is 6.21. The van der Waals surface area contributed by atoms with Gasteiger partial charge < -0.3 is 9.64 Å². The summed E-state index contributed by atoms with van der Waals surface area (Å²) in [6.07, 6.45) is 0. The van der Waals surface area contributed by atoms with Crippen molar-refractivity contribution in [1.29, 1.82) is 0 Å². The Morgan fingerprint density at radius 2 is 1.95 bits per heavy atom. The van der Waals surface area contributed by atoms with Gasteiger partial charge in [-0.05, 0) is 40.2 Å². The molecule has 1 aromatic heterocycles. The molecule has 0 saturated heterocycles.